The van der Waals surface area contributed by atoms with E-state index in [1.165, 1.54) is 10.9 Å². The summed E-state index contributed by atoms with van der Waals surface area (Å²) in [7, 11) is 0. The molecule has 2 rings (SSSR count). The average Bonchev–Trinajstić information content (AvgIpc) is 2.61. The lowest BCUT2D eigenvalue weighted by Gasteiger charge is -2.06. The number of aromatic nitrogens is 3. The van der Waals surface area contributed by atoms with E-state index in [1.54, 1.807) is 6.20 Å². The number of nitrogens with zero attached hydrogens (tertiary/aromatic N) is 3. The number of carbonyl (C=O) groups is 1. The molecule has 0 saturated heterocycles. The molecule has 0 bridgehead atoms. The Kier molecular flexibility index (Phi) is 3.27. The fourth-order valence-electron chi connectivity index (χ4n) is 1.70. The lowest BCUT2D eigenvalue weighted by atomic mass is 10.2. The van der Waals surface area contributed by atoms with Crippen molar-refractivity contribution in [3.05, 3.63) is 35.8 Å². The molecular formula is C12H15N5O. The summed E-state index contributed by atoms with van der Waals surface area (Å²) in [4.78, 5) is 16.0. The molecule has 1 amide bonds. The van der Waals surface area contributed by atoms with E-state index in [-0.39, 0.29) is 12.5 Å². The molecule has 18 heavy (non-hydrogen) atoms. The van der Waals surface area contributed by atoms with Gasteiger partial charge in [-0.15, -0.1) is 0 Å². The first kappa shape index (κ1) is 12.1. The van der Waals surface area contributed by atoms with Gasteiger partial charge >= 0.3 is 0 Å². The summed E-state index contributed by atoms with van der Waals surface area (Å²) >= 11 is 0. The van der Waals surface area contributed by atoms with Gasteiger partial charge in [0.1, 0.15) is 12.4 Å². The highest BCUT2D eigenvalue weighted by molar-refractivity contribution is 5.89. The summed E-state index contributed by atoms with van der Waals surface area (Å²) in [5.41, 5.74) is 7.98. The number of aryl methyl sites for hydroxylation is 2. The molecule has 0 aliphatic heterocycles. The van der Waals surface area contributed by atoms with E-state index in [9.17, 15) is 4.79 Å². The number of nitrogens with two attached hydrogens (primary N) is 1. The first-order chi connectivity index (χ1) is 8.52. The normalized spacial score (nSPS) is 10.3. The Balaban J connectivity index is 2.02. The highest BCUT2D eigenvalue weighted by atomic mass is 16.2. The number of hydrogen-bond acceptors (Lipinski definition) is 4. The predicted molar refractivity (Wildman–Crippen MR) is 69.0 cm³/mol. The van der Waals surface area contributed by atoms with E-state index < -0.39 is 0 Å². The first-order valence-electron chi connectivity index (χ1n) is 5.56. The van der Waals surface area contributed by atoms with Crippen molar-refractivity contribution >= 4 is 17.4 Å². The second-order valence-electron chi connectivity index (χ2n) is 4.19. The number of hydrogen-bond donors (Lipinski definition) is 2. The van der Waals surface area contributed by atoms with Crippen LogP contribution in [0.5, 0.6) is 0 Å². The van der Waals surface area contributed by atoms with Gasteiger partial charge in [0, 0.05) is 11.9 Å². The summed E-state index contributed by atoms with van der Waals surface area (Å²) in [6.07, 6.45) is 3.11. The van der Waals surface area contributed by atoms with Crippen LogP contribution in [0, 0.1) is 13.8 Å². The van der Waals surface area contributed by atoms with E-state index in [2.05, 4.69) is 15.4 Å². The van der Waals surface area contributed by atoms with Crippen LogP contribution in [0.2, 0.25) is 0 Å². The number of nitrogen functional groups attached to an aromatic ring is 1. The molecule has 0 aliphatic carbocycles. The lowest BCUT2D eigenvalue weighted by Crippen LogP contribution is -2.19. The Morgan fingerprint density at radius 1 is 1.44 bits per heavy atom. The summed E-state index contributed by atoms with van der Waals surface area (Å²) in [6, 6.07) is 3.77. The number of carbonyl (C=O) groups excluding carboxylic acids is 1. The number of pyridine rings is 1. The Bertz CT molecular complexity index is 555. The van der Waals surface area contributed by atoms with Gasteiger partial charge in [-0.05, 0) is 31.5 Å². The number of rotatable bonds is 3. The van der Waals surface area contributed by atoms with Gasteiger partial charge in [-0.25, -0.2) is 4.98 Å². The third-order valence-corrected chi connectivity index (χ3v) is 2.32. The van der Waals surface area contributed by atoms with Gasteiger partial charge in [0.2, 0.25) is 5.91 Å². The van der Waals surface area contributed by atoms with Gasteiger partial charge in [0.25, 0.3) is 0 Å². The van der Waals surface area contributed by atoms with Crippen LogP contribution in [0.3, 0.4) is 0 Å². The first-order valence-corrected chi connectivity index (χ1v) is 5.56. The van der Waals surface area contributed by atoms with Crippen molar-refractivity contribution in [3.63, 3.8) is 0 Å². The maximum absolute atomic E-state index is 11.8. The molecule has 0 radical (unpaired) electrons. The zero-order valence-corrected chi connectivity index (χ0v) is 10.3. The van der Waals surface area contributed by atoms with Crippen LogP contribution in [0.1, 0.15) is 11.3 Å². The Morgan fingerprint density at radius 3 is 2.83 bits per heavy atom. The van der Waals surface area contributed by atoms with Crippen LogP contribution in [0.4, 0.5) is 11.5 Å². The van der Waals surface area contributed by atoms with Crippen molar-refractivity contribution in [2.75, 3.05) is 11.1 Å². The van der Waals surface area contributed by atoms with Crippen LogP contribution < -0.4 is 11.1 Å². The second-order valence-corrected chi connectivity index (χ2v) is 4.19. The zero-order valence-electron chi connectivity index (χ0n) is 10.3. The Morgan fingerprint density at radius 2 is 2.22 bits per heavy atom. The molecule has 0 spiro atoms. The van der Waals surface area contributed by atoms with E-state index in [1.807, 2.05) is 26.0 Å². The van der Waals surface area contributed by atoms with E-state index in [0.717, 1.165) is 11.3 Å². The van der Waals surface area contributed by atoms with Gasteiger partial charge in [-0.1, -0.05) is 0 Å². The van der Waals surface area contributed by atoms with Crippen LogP contribution in [0.15, 0.2) is 24.5 Å². The molecule has 0 fully saturated rings. The van der Waals surface area contributed by atoms with Crippen molar-refractivity contribution in [3.8, 4) is 0 Å². The smallest absolute Gasteiger partial charge is 0.247 e. The third-order valence-electron chi connectivity index (χ3n) is 2.32. The number of nitrogens with one attached hydrogen (secondary N) is 1. The second kappa shape index (κ2) is 4.87. The van der Waals surface area contributed by atoms with E-state index >= 15 is 0 Å². The molecule has 0 atom stereocenters. The van der Waals surface area contributed by atoms with Crippen LogP contribution in [-0.4, -0.2) is 20.7 Å². The third kappa shape index (κ3) is 3.07. The molecule has 0 saturated carbocycles. The van der Waals surface area contributed by atoms with Crippen molar-refractivity contribution in [2.24, 2.45) is 0 Å². The minimum atomic E-state index is -0.185. The largest absolute Gasteiger partial charge is 0.396 e. The molecule has 2 aromatic heterocycles. The summed E-state index contributed by atoms with van der Waals surface area (Å²) in [6.45, 7) is 3.96. The quantitative estimate of drug-likeness (QED) is 0.848. The topological polar surface area (TPSA) is 85.8 Å². The van der Waals surface area contributed by atoms with Gasteiger partial charge in [0.15, 0.2) is 0 Å². The fourth-order valence-corrected chi connectivity index (χ4v) is 1.70. The number of anilines is 2. The molecule has 0 unspecified atom stereocenters. The molecule has 3 N–H and O–H groups in total. The molecule has 2 aromatic rings. The maximum atomic E-state index is 11.8. The van der Waals surface area contributed by atoms with Gasteiger partial charge in [0.05, 0.1) is 11.9 Å². The van der Waals surface area contributed by atoms with Crippen molar-refractivity contribution < 1.29 is 4.79 Å². The van der Waals surface area contributed by atoms with Crippen LogP contribution in [-0.2, 0) is 11.3 Å². The van der Waals surface area contributed by atoms with Crippen molar-refractivity contribution in [2.45, 2.75) is 20.4 Å². The SMILES string of the molecule is Cc1cc(C)nc(NC(=O)Cn2cc(N)cn2)c1. The van der Waals surface area contributed by atoms with Gasteiger partial charge in [-0.2, -0.15) is 5.10 Å². The van der Waals surface area contributed by atoms with E-state index in [0.29, 0.717) is 11.5 Å². The van der Waals surface area contributed by atoms with Gasteiger partial charge < -0.3 is 11.1 Å². The summed E-state index contributed by atoms with van der Waals surface area (Å²) in [5.74, 6) is 0.369. The minimum Gasteiger partial charge on any atom is -0.396 e. The average molecular weight is 245 g/mol. The fraction of sp³-hybridized carbons (Fsp3) is 0.250. The molecule has 2 heterocycles. The summed E-state index contributed by atoms with van der Waals surface area (Å²) < 4.78 is 1.48. The van der Waals surface area contributed by atoms with Crippen molar-refractivity contribution in [1.29, 1.82) is 0 Å². The standard InChI is InChI=1S/C12H15N5O/c1-8-3-9(2)15-11(4-8)16-12(18)7-17-6-10(13)5-14-17/h3-6H,7,13H2,1-2H3,(H,15,16,18). The monoisotopic (exact) mass is 245 g/mol. The van der Waals surface area contributed by atoms with Gasteiger partial charge in [-0.3, -0.25) is 9.48 Å². The molecule has 6 heteroatoms. The minimum absolute atomic E-state index is 0.117. The number of amides is 1. The summed E-state index contributed by atoms with van der Waals surface area (Å²) in [5, 5.41) is 6.67. The van der Waals surface area contributed by atoms with Crippen molar-refractivity contribution in [1.82, 2.24) is 14.8 Å². The Labute approximate surface area is 105 Å². The zero-order chi connectivity index (χ0) is 13.1. The maximum Gasteiger partial charge on any atom is 0.247 e. The van der Waals surface area contributed by atoms with E-state index in [4.69, 9.17) is 5.73 Å². The molecule has 0 aliphatic rings. The molecule has 94 valence electrons. The molecule has 6 nitrogen and oxygen atoms in total. The van der Waals surface area contributed by atoms with Crippen LogP contribution >= 0.6 is 0 Å². The molecule has 0 aromatic carbocycles. The predicted octanol–water partition coefficient (Wildman–Crippen LogP) is 1.12. The Hall–Kier alpha value is -2.37. The molecular weight excluding hydrogens is 230 g/mol. The highest BCUT2D eigenvalue weighted by Gasteiger charge is 2.06. The highest BCUT2D eigenvalue weighted by Crippen LogP contribution is 2.09. The van der Waals surface area contributed by atoms with Crippen LogP contribution in [0.25, 0.3) is 0 Å². The lowest BCUT2D eigenvalue weighted by molar-refractivity contribution is -0.116.